The molecular formula is C107H92BN3. The maximum atomic E-state index is 10.2. The Morgan fingerprint density at radius 1 is 0.297 bits per heavy atom. The van der Waals surface area contributed by atoms with E-state index in [4.69, 9.17) is 2.74 Å². The van der Waals surface area contributed by atoms with Crippen LogP contribution in [0.4, 0.5) is 34.1 Å². The zero-order valence-corrected chi connectivity index (χ0v) is 65.0. The minimum atomic E-state index is -2.15. The molecule has 0 fully saturated rings. The molecule has 4 heteroatoms. The first-order valence-electron chi connectivity index (χ1n) is 43.8. The van der Waals surface area contributed by atoms with Gasteiger partial charge in [-0.15, -0.1) is 0 Å². The molecule has 538 valence electrons. The summed E-state index contributed by atoms with van der Waals surface area (Å²) in [7, 11) is 0. The lowest BCUT2D eigenvalue weighted by atomic mass is 9.33. The molecule has 0 amide bonds. The summed E-state index contributed by atoms with van der Waals surface area (Å²) in [6.07, 6.45) is 0. The third-order valence-electron chi connectivity index (χ3n) is 23.6. The van der Waals surface area contributed by atoms with Gasteiger partial charge >= 0.3 is 0 Å². The Bertz CT molecular complexity index is 6690. The highest BCUT2D eigenvalue weighted by Crippen LogP contribution is 2.60. The average molecular weight is 1440 g/mol. The molecule has 111 heavy (non-hydrogen) atoms. The third-order valence-corrected chi connectivity index (χ3v) is 23.6. The van der Waals surface area contributed by atoms with Crippen LogP contribution in [0.3, 0.4) is 0 Å². The molecule has 3 heterocycles. The summed E-state index contributed by atoms with van der Waals surface area (Å²) in [6, 6.07) is 94.6. The molecule has 16 aromatic rings. The highest BCUT2D eigenvalue weighted by molar-refractivity contribution is 7.00. The molecular weight excluding hydrogens is 1340 g/mol. The van der Waals surface area contributed by atoms with E-state index in [1.807, 2.05) is 36.4 Å². The third kappa shape index (κ3) is 11.2. The molecule has 3 nitrogen and oxygen atoms in total. The van der Waals surface area contributed by atoms with Crippen LogP contribution < -0.4 is 26.2 Å². The summed E-state index contributed by atoms with van der Waals surface area (Å²) < 4.78 is 99.5. The topological polar surface area (TPSA) is 11.4 Å². The predicted octanol–water partition coefficient (Wildman–Crippen LogP) is 26.8. The molecule has 3 aliphatic rings. The molecule has 0 radical (unpaired) electrons. The second-order valence-electron chi connectivity index (χ2n) is 34.5. The smallest absolute Gasteiger partial charge is 0.252 e. The Hall–Kier alpha value is -12.2. The van der Waals surface area contributed by atoms with E-state index in [1.54, 1.807) is 6.07 Å². The lowest BCUT2D eigenvalue weighted by Gasteiger charge is -2.46. The summed E-state index contributed by atoms with van der Waals surface area (Å²) in [6.45, 7) is 27.0. The molecule has 0 unspecified atom stereocenters. The van der Waals surface area contributed by atoms with Crippen LogP contribution in [0.5, 0.6) is 0 Å². The number of hydrogen-bond donors (Lipinski definition) is 0. The van der Waals surface area contributed by atoms with E-state index in [2.05, 4.69) is 334 Å². The molecule has 0 spiro atoms. The van der Waals surface area contributed by atoms with Crippen molar-refractivity contribution >= 4 is 79.0 Å². The van der Waals surface area contributed by atoms with E-state index >= 15 is 0 Å². The Kier molecular flexibility index (Phi) is 13.7. The molecule has 15 aromatic carbocycles. The first kappa shape index (κ1) is 58.7. The summed E-state index contributed by atoms with van der Waals surface area (Å²) in [5.74, 6) is 0. The van der Waals surface area contributed by atoms with Crippen molar-refractivity contribution in [3.63, 3.8) is 0 Å². The van der Waals surface area contributed by atoms with Crippen LogP contribution in [-0.4, -0.2) is 11.3 Å². The number of aromatic nitrogens is 1. The van der Waals surface area contributed by atoms with Crippen molar-refractivity contribution in [2.24, 2.45) is 0 Å². The van der Waals surface area contributed by atoms with Crippen LogP contribution in [-0.2, 0) is 27.1 Å². The quantitative estimate of drug-likeness (QED) is 0.126. The second kappa shape index (κ2) is 26.0. The second-order valence-corrected chi connectivity index (χ2v) is 34.5. The molecule has 0 atom stereocenters. The lowest BCUT2D eigenvalue weighted by molar-refractivity contribution is 0.590. The highest BCUT2D eigenvalue weighted by Gasteiger charge is 2.50. The first-order chi connectivity index (χ1) is 57.8. The van der Waals surface area contributed by atoms with Crippen molar-refractivity contribution in [1.29, 1.82) is 0 Å². The first-order valence-corrected chi connectivity index (χ1v) is 38.8. The van der Waals surface area contributed by atoms with Gasteiger partial charge in [0, 0.05) is 61.5 Å². The highest BCUT2D eigenvalue weighted by atomic mass is 15.2. The molecule has 19 rings (SSSR count). The number of nitrogens with zero attached hydrogens (tertiary/aromatic N) is 3. The van der Waals surface area contributed by atoms with E-state index in [0.717, 1.165) is 117 Å². The van der Waals surface area contributed by atoms with E-state index in [0.29, 0.717) is 33.4 Å². The Balaban J connectivity index is 1.01. The van der Waals surface area contributed by atoms with Gasteiger partial charge in [-0.1, -0.05) is 356 Å². The average Bonchev–Trinajstić information content (AvgIpc) is 1.60. The Morgan fingerprint density at radius 3 is 1.22 bits per heavy atom. The van der Waals surface area contributed by atoms with Gasteiger partial charge in [-0.25, -0.2) is 0 Å². The molecule has 0 bridgehead atoms. The van der Waals surface area contributed by atoms with Gasteiger partial charge in [0.2, 0.25) is 0 Å². The monoisotopic (exact) mass is 1440 g/mol. The van der Waals surface area contributed by atoms with E-state index < -0.39 is 78.0 Å². The number of para-hydroxylation sites is 1. The normalized spacial score (nSPS) is 14.9. The van der Waals surface area contributed by atoms with Crippen LogP contribution >= 0.6 is 0 Å². The lowest BCUT2D eigenvalue weighted by Crippen LogP contribution is -2.61. The van der Waals surface area contributed by atoms with Gasteiger partial charge in [-0.3, -0.25) is 0 Å². The van der Waals surface area contributed by atoms with Gasteiger partial charge in [0.05, 0.1) is 41.5 Å². The number of fused-ring (bicyclic) bond motifs is 10. The predicted molar refractivity (Wildman–Crippen MR) is 474 cm³/mol. The van der Waals surface area contributed by atoms with Gasteiger partial charge < -0.3 is 14.4 Å². The van der Waals surface area contributed by atoms with Crippen molar-refractivity contribution in [3.05, 3.63) is 384 Å². The van der Waals surface area contributed by atoms with Crippen molar-refractivity contribution in [1.82, 2.24) is 4.57 Å². The van der Waals surface area contributed by atoms with E-state index in [1.165, 1.54) is 27.5 Å². The van der Waals surface area contributed by atoms with Crippen LogP contribution in [0.2, 0.25) is 0 Å². The number of benzene rings is 15. The van der Waals surface area contributed by atoms with Crippen LogP contribution in [0.15, 0.2) is 339 Å². The van der Waals surface area contributed by atoms with Gasteiger partial charge in [0.15, 0.2) is 0 Å². The van der Waals surface area contributed by atoms with Crippen molar-refractivity contribution in [3.8, 4) is 72.4 Å². The summed E-state index contributed by atoms with van der Waals surface area (Å²) in [5.41, 5.74) is 24.4. The number of anilines is 6. The zero-order valence-electron chi connectivity index (χ0n) is 75.0. The van der Waals surface area contributed by atoms with Gasteiger partial charge in [-0.2, -0.15) is 0 Å². The summed E-state index contributed by atoms with van der Waals surface area (Å²) in [5, 5.41) is 2.33. The van der Waals surface area contributed by atoms with Crippen LogP contribution in [0.25, 0.3) is 94.3 Å². The van der Waals surface area contributed by atoms with Crippen LogP contribution in [0.1, 0.15) is 141 Å². The minimum absolute atomic E-state index is 0.147. The van der Waals surface area contributed by atoms with Crippen molar-refractivity contribution in [2.75, 3.05) is 9.80 Å². The largest absolute Gasteiger partial charge is 0.310 e. The SMILES string of the molecule is [2H]c1c([2H])c([2H])c(C2(c3c([2H])c([2H])c([2H])c([2H])c3[2H])c3ccccc3-c3cccc(-c4ccc5c(c4)B4c6ccc(-n7c8ccc(C(C)(C)C)cc8c8cc(C(C)(C)C)ccc87)cc6N(c6c(-c7ccccc7)cc(C(C)(C)C)cc6-c6ccccc6)c6cc(C(C)(C)C)cc(c64)N5c4c(-c5ccccc5)cccc4-c4ccccc4)c32)c([2H])c1[2H]. The summed E-state index contributed by atoms with van der Waals surface area (Å²) in [4.78, 5) is 5.14. The molecule has 1 aliphatic carbocycles. The van der Waals surface area contributed by atoms with Crippen LogP contribution in [0, 0.1) is 0 Å². The Morgan fingerprint density at radius 2 is 0.721 bits per heavy atom. The molecule has 1 aromatic heterocycles. The zero-order chi connectivity index (χ0) is 84.7. The summed E-state index contributed by atoms with van der Waals surface area (Å²) >= 11 is 0. The molecule has 0 saturated heterocycles. The van der Waals surface area contributed by atoms with Gasteiger partial charge in [0.25, 0.3) is 6.71 Å². The molecule has 2 aliphatic heterocycles. The minimum Gasteiger partial charge on any atom is -0.310 e. The van der Waals surface area contributed by atoms with Gasteiger partial charge in [-0.05, 0) is 194 Å². The van der Waals surface area contributed by atoms with Crippen molar-refractivity contribution in [2.45, 2.75) is 110 Å². The maximum absolute atomic E-state index is 10.2. The maximum Gasteiger partial charge on any atom is 0.252 e. The fourth-order valence-corrected chi connectivity index (χ4v) is 18.0. The van der Waals surface area contributed by atoms with E-state index in [9.17, 15) is 11.0 Å². The van der Waals surface area contributed by atoms with Gasteiger partial charge in [0.1, 0.15) is 0 Å². The molecule has 0 saturated carbocycles. The Labute approximate surface area is 670 Å². The fourth-order valence-electron chi connectivity index (χ4n) is 18.0. The van der Waals surface area contributed by atoms with Crippen molar-refractivity contribution < 1.29 is 13.7 Å². The number of rotatable bonds is 10. The molecule has 0 N–H and O–H groups in total. The standard InChI is InChI=1S/C107H92BN3/c1-103(2,3)76-54-59-93-88(62-76)89-63-77(104(4,5)6)55-60-94(89)109(93)80-56-57-91-96(68-80)111(102-86(71-39-23-15-24-40-71)64-78(105(7,8)9)65-87(102)72-41-25-16-26-42-72)98-67-79(106(10,11)12)66-97-100(98)108(91)92-61-73(53-58-95(92)110(97)101-82(69-35-19-13-20-36-69)49-34-50-83(101)70-37-21-14-22-38-70)81-48-33-51-85-84-47-31-32-52-90(84)107(99(81)85,74-43-27-17-28-44-74)75-45-29-18-30-46-75/h13-68H,1-12H3/i17D,18D,27D,28D,29D,30D,43D,44D,45D,46D. The fraction of sp³-hybridized carbons (Fsp3) is 0.159. The van der Waals surface area contributed by atoms with E-state index in [-0.39, 0.29) is 27.4 Å². The number of hydrogen-bond acceptors (Lipinski definition) is 2.